The van der Waals surface area contributed by atoms with E-state index in [2.05, 4.69) is 4.98 Å². The number of alkyl halides is 1. The van der Waals surface area contributed by atoms with Gasteiger partial charge in [-0.05, 0) is 29.8 Å². The first-order valence-corrected chi connectivity index (χ1v) is 7.09. The molecule has 0 bridgehead atoms. The predicted molar refractivity (Wildman–Crippen MR) is 64.4 cm³/mol. The number of sulfone groups is 1. The summed E-state index contributed by atoms with van der Waals surface area (Å²) in [5.74, 6) is 0.434. The molecule has 84 valence electrons. The minimum Gasteiger partial charge on any atom is -0.236 e. The summed E-state index contributed by atoms with van der Waals surface area (Å²) in [4.78, 5) is 4.09. The van der Waals surface area contributed by atoms with Crippen LogP contribution in [0, 0.1) is 0 Å². The van der Waals surface area contributed by atoms with E-state index in [1.807, 2.05) is 12.1 Å². The number of benzene rings is 1. The molecule has 2 rings (SSSR count). The molecule has 0 aliphatic rings. The summed E-state index contributed by atoms with van der Waals surface area (Å²) >= 11 is 5.71. The van der Waals surface area contributed by atoms with Crippen LogP contribution in [0.5, 0.6) is 0 Å². The molecule has 2 aromatic rings. The molecule has 1 heterocycles. The van der Waals surface area contributed by atoms with E-state index >= 15 is 0 Å². The summed E-state index contributed by atoms with van der Waals surface area (Å²) < 4.78 is 22.6. The quantitative estimate of drug-likeness (QED) is 0.774. The third kappa shape index (κ3) is 2.18. The largest absolute Gasteiger partial charge is 0.236 e. The Morgan fingerprint density at radius 1 is 1.25 bits per heavy atom. The second-order valence-electron chi connectivity index (χ2n) is 3.58. The summed E-state index contributed by atoms with van der Waals surface area (Å²) in [5.41, 5.74) is 1.65. The Labute approximate surface area is 99.0 Å². The van der Waals surface area contributed by atoms with Gasteiger partial charge < -0.3 is 0 Å². The van der Waals surface area contributed by atoms with E-state index in [-0.39, 0.29) is 5.03 Å². The first-order valence-electron chi connectivity index (χ1n) is 4.66. The van der Waals surface area contributed by atoms with Crippen molar-refractivity contribution in [3.8, 4) is 0 Å². The van der Waals surface area contributed by atoms with Gasteiger partial charge in [-0.3, -0.25) is 0 Å². The number of pyridine rings is 1. The second kappa shape index (κ2) is 4.03. The van der Waals surface area contributed by atoms with E-state index in [0.29, 0.717) is 11.4 Å². The van der Waals surface area contributed by atoms with Crippen LogP contribution in [-0.2, 0) is 15.7 Å². The fourth-order valence-electron chi connectivity index (χ4n) is 1.45. The molecule has 16 heavy (non-hydrogen) atoms. The van der Waals surface area contributed by atoms with Crippen LogP contribution in [0.15, 0.2) is 35.4 Å². The van der Waals surface area contributed by atoms with Crippen molar-refractivity contribution in [3.63, 3.8) is 0 Å². The number of nitrogens with zero attached hydrogens (tertiary/aromatic N) is 1. The molecule has 5 heteroatoms. The Kier molecular flexibility index (Phi) is 2.86. The Morgan fingerprint density at radius 2 is 2.00 bits per heavy atom. The van der Waals surface area contributed by atoms with E-state index in [9.17, 15) is 8.42 Å². The Hall–Kier alpha value is -1.13. The summed E-state index contributed by atoms with van der Waals surface area (Å²) in [6, 6.07) is 8.78. The minimum absolute atomic E-state index is 0.0959. The molecule has 0 N–H and O–H groups in total. The van der Waals surface area contributed by atoms with Gasteiger partial charge in [0.2, 0.25) is 0 Å². The number of fused-ring (bicyclic) bond motifs is 1. The molecule has 0 fully saturated rings. The SMILES string of the molecule is CS(=O)(=O)c1ccc2cc(CCl)ccc2n1. The van der Waals surface area contributed by atoms with Crippen LogP contribution in [0.3, 0.4) is 0 Å². The smallest absolute Gasteiger partial charge is 0.192 e. The number of rotatable bonds is 2. The highest BCUT2D eigenvalue weighted by molar-refractivity contribution is 7.90. The van der Waals surface area contributed by atoms with Crippen LogP contribution in [0.25, 0.3) is 10.9 Å². The minimum atomic E-state index is -3.25. The molecule has 0 unspecified atom stereocenters. The zero-order chi connectivity index (χ0) is 11.8. The molecule has 0 aliphatic carbocycles. The lowest BCUT2D eigenvalue weighted by molar-refractivity contribution is 0.599. The van der Waals surface area contributed by atoms with Gasteiger partial charge in [-0.15, -0.1) is 11.6 Å². The second-order valence-corrected chi connectivity index (χ2v) is 5.81. The van der Waals surface area contributed by atoms with Crippen molar-refractivity contribution in [2.75, 3.05) is 6.26 Å². The average Bonchev–Trinajstić information content (AvgIpc) is 2.26. The molecule has 0 saturated heterocycles. The average molecular weight is 256 g/mol. The fraction of sp³-hybridized carbons (Fsp3) is 0.182. The third-order valence-electron chi connectivity index (χ3n) is 2.26. The maximum absolute atomic E-state index is 11.3. The van der Waals surface area contributed by atoms with E-state index in [0.717, 1.165) is 17.2 Å². The van der Waals surface area contributed by atoms with Gasteiger partial charge in [0.1, 0.15) is 0 Å². The highest BCUT2D eigenvalue weighted by atomic mass is 35.5. The maximum atomic E-state index is 11.3. The summed E-state index contributed by atoms with van der Waals surface area (Å²) in [7, 11) is -3.25. The lowest BCUT2D eigenvalue weighted by Gasteiger charge is -2.02. The van der Waals surface area contributed by atoms with Crippen molar-refractivity contribution in [2.24, 2.45) is 0 Å². The molecule has 3 nitrogen and oxygen atoms in total. The molecular weight excluding hydrogens is 246 g/mol. The normalized spacial score (nSPS) is 11.9. The van der Waals surface area contributed by atoms with E-state index in [1.54, 1.807) is 12.1 Å². The van der Waals surface area contributed by atoms with Crippen LogP contribution in [0.1, 0.15) is 5.56 Å². The lowest BCUT2D eigenvalue weighted by atomic mass is 10.1. The van der Waals surface area contributed by atoms with E-state index in [1.165, 1.54) is 6.07 Å². The van der Waals surface area contributed by atoms with Crippen LogP contribution >= 0.6 is 11.6 Å². The van der Waals surface area contributed by atoms with Gasteiger partial charge in [0.15, 0.2) is 14.9 Å². The summed E-state index contributed by atoms with van der Waals surface area (Å²) in [6.45, 7) is 0. The zero-order valence-electron chi connectivity index (χ0n) is 8.64. The topological polar surface area (TPSA) is 47.0 Å². The van der Waals surface area contributed by atoms with Gasteiger partial charge in [0.25, 0.3) is 0 Å². The van der Waals surface area contributed by atoms with Crippen LogP contribution < -0.4 is 0 Å². The molecular formula is C11H10ClNO2S. The number of halogens is 1. The van der Waals surface area contributed by atoms with Gasteiger partial charge in [0, 0.05) is 17.5 Å². The number of aromatic nitrogens is 1. The zero-order valence-corrected chi connectivity index (χ0v) is 10.2. The Morgan fingerprint density at radius 3 is 2.62 bits per heavy atom. The first-order chi connectivity index (χ1) is 7.50. The number of hydrogen-bond acceptors (Lipinski definition) is 3. The highest BCUT2D eigenvalue weighted by Gasteiger charge is 2.09. The highest BCUT2D eigenvalue weighted by Crippen LogP contribution is 2.17. The standard InChI is InChI=1S/C11H10ClNO2S/c1-16(14,15)11-5-3-9-6-8(7-12)2-4-10(9)13-11/h2-6H,7H2,1H3. The molecule has 0 amide bonds. The fourth-order valence-corrected chi connectivity index (χ4v) is 2.19. The molecule has 0 radical (unpaired) electrons. The van der Waals surface area contributed by atoms with Gasteiger partial charge in [-0.2, -0.15) is 0 Å². The van der Waals surface area contributed by atoms with E-state index in [4.69, 9.17) is 11.6 Å². The van der Waals surface area contributed by atoms with Gasteiger partial charge >= 0.3 is 0 Å². The molecule has 0 spiro atoms. The third-order valence-corrected chi connectivity index (χ3v) is 3.56. The maximum Gasteiger partial charge on any atom is 0.192 e. The van der Waals surface area contributed by atoms with Crippen molar-refractivity contribution >= 4 is 32.3 Å². The molecule has 1 aromatic heterocycles. The monoisotopic (exact) mass is 255 g/mol. The molecule has 0 atom stereocenters. The van der Waals surface area contributed by atoms with Crippen molar-refractivity contribution in [1.82, 2.24) is 4.98 Å². The van der Waals surface area contributed by atoms with E-state index < -0.39 is 9.84 Å². The summed E-state index contributed by atoms with van der Waals surface area (Å²) in [5, 5.41) is 0.990. The summed E-state index contributed by atoms with van der Waals surface area (Å²) in [6.07, 6.45) is 1.15. The first kappa shape index (κ1) is 11.4. The Bertz CT molecular complexity index is 637. The van der Waals surface area contributed by atoms with Crippen LogP contribution in [0.2, 0.25) is 0 Å². The van der Waals surface area contributed by atoms with Gasteiger partial charge in [-0.1, -0.05) is 6.07 Å². The van der Waals surface area contributed by atoms with Crippen molar-refractivity contribution < 1.29 is 8.42 Å². The molecule has 1 aromatic carbocycles. The lowest BCUT2D eigenvalue weighted by Crippen LogP contribution is -2.00. The molecule has 0 saturated carbocycles. The van der Waals surface area contributed by atoms with Crippen molar-refractivity contribution in [3.05, 3.63) is 35.9 Å². The van der Waals surface area contributed by atoms with Gasteiger partial charge in [-0.25, -0.2) is 13.4 Å². The van der Waals surface area contributed by atoms with Crippen LogP contribution in [-0.4, -0.2) is 19.7 Å². The Balaban J connectivity index is 2.65. The van der Waals surface area contributed by atoms with Gasteiger partial charge in [0.05, 0.1) is 5.52 Å². The predicted octanol–water partition coefficient (Wildman–Crippen LogP) is 2.38. The number of hydrogen-bond donors (Lipinski definition) is 0. The van der Waals surface area contributed by atoms with Crippen molar-refractivity contribution in [1.29, 1.82) is 0 Å². The molecule has 0 aliphatic heterocycles. The van der Waals surface area contributed by atoms with Crippen molar-refractivity contribution in [2.45, 2.75) is 10.9 Å². The van der Waals surface area contributed by atoms with Crippen LogP contribution in [0.4, 0.5) is 0 Å².